The van der Waals surface area contributed by atoms with Crippen molar-refractivity contribution in [1.82, 2.24) is 0 Å². The van der Waals surface area contributed by atoms with Gasteiger partial charge < -0.3 is 33.8 Å². The maximum absolute atomic E-state index is 13.0. The molecule has 92 heavy (non-hydrogen) atoms. The van der Waals surface area contributed by atoms with E-state index in [1.165, 1.54) is 122 Å². The molecule has 0 fully saturated rings. The van der Waals surface area contributed by atoms with Crippen molar-refractivity contribution in [2.24, 2.45) is 0 Å². The Labute approximate surface area is 558 Å². The van der Waals surface area contributed by atoms with Crippen LogP contribution < -0.4 is 0 Å². The number of phosphoric ester groups is 2. The van der Waals surface area contributed by atoms with E-state index in [2.05, 4.69) is 76.3 Å². The highest BCUT2D eigenvalue weighted by molar-refractivity contribution is 7.47. The first-order valence-electron chi connectivity index (χ1n) is 36.2. The van der Waals surface area contributed by atoms with Crippen molar-refractivity contribution >= 4 is 39.5 Å². The summed E-state index contributed by atoms with van der Waals surface area (Å²) in [7, 11) is -9.95. The van der Waals surface area contributed by atoms with E-state index in [1.54, 1.807) is 6.08 Å². The summed E-state index contributed by atoms with van der Waals surface area (Å²) in [4.78, 5) is 72.5. The maximum Gasteiger partial charge on any atom is 0.472 e. The van der Waals surface area contributed by atoms with Crippen LogP contribution in [0.25, 0.3) is 0 Å². The molecule has 0 radical (unpaired) electrons. The van der Waals surface area contributed by atoms with Crippen molar-refractivity contribution in [3.8, 4) is 0 Å². The van der Waals surface area contributed by atoms with Gasteiger partial charge in [-0.2, -0.15) is 0 Å². The van der Waals surface area contributed by atoms with E-state index in [1.807, 2.05) is 18.2 Å². The molecule has 0 aliphatic heterocycles. The zero-order valence-corrected chi connectivity index (χ0v) is 59.8. The first-order valence-corrected chi connectivity index (χ1v) is 39.2. The molecule has 0 spiro atoms. The molecular formula is C73H130O17P2. The van der Waals surface area contributed by atoms with Crippen LogP contribution in [0.2, 0.25) is 0 Å². The molecule has 0 rings (SSSR count). The molecule has 5 atom stereocenters. The van der Waals surface area contributed by atoms with Crippen molar-refractivity contribution in [2.45, 2.75) is 329 Å². The summed E-state index contributed by atoms with van der Waals surface area (Å²) in [5.41, 5.74) is 0. The molecule has 0 amide bonds. The highest BCUT2D eigenvalue weighted by Gasteiger charge is 2.30. The Morgan fingerprint density at radius 2 is 0.620 bits per heavy atom. The van der Waals surface area contributed by atoms with Crippen molar-refractivity contribution in [1.29, 1.82) is 0 Å². The molecule has 0 saturated carbocycles. The third kappa shape index (κ3) is 65.2. The number of esters is 4. The maximum atomic E-state index is 13.0. The lowest BCUT2D eigenvalue weighted by molar-refractivity contribution is -0.161. The minimum Gasteiger partial charge on any atom is -0.462 e. The molecule has 534 valence electrons. The molecule has 0 saturated heterocycles. The van der Waals surface area contributed by atoms with Crippen molar-refractivity contribution in [3.63, 3.8) is 0 Å². The van der Waals surface area contributed by atoms with E-state index in [0.717, 1.165) is 109 Å². The monoisotopic (exact) mass is 1340 g/mol. The first kappa shape index (κ1) is 88.5. The van der Waals surface area contributed by atoms with E-state index in [-0.39, 0.29) is 25.7 Å². The number of phosphoric acid groups is 2. The predicted octanol–water partition coefficient (Wildman–Crippen LogP) is 20.1. The van der Waals surface area contributed by atoms with Gasteiger partial charge in [0.15, 0.2) is 12.2 Å². The average Bonchev–Trinajstić information content (AvgIpc) is 2.73. The quantitative estimate of drug-likeness (QED) is 0.0169. The fraction of sp³-hybridized carbons (Fsp3) is 0.781. The third-order valence-corrected chi connectivity index (χ3v) is 17.1. The summed E-state index contributed by atoms with van der Waals surface area (Å²) in [5, 5.41) is 10.6. The van der Waals surface area contributed by atoms with Crippen LogP contribution in [0.15, 0.2) is 72.9 Å². The molecule has 17 nitrogen and oxygen atoms in total. The third-order valence-electron chi connectivity index (χ3n) is 15.2. The van der Waals surface area contributed by atoms with Gasteiger partial charge in [-0.05, 0) is 70.6 Å². The van der Waals surface area contributed by atoms with Gasteiger partial charge >= 0.3 is 39.5 Å². The lowest BCUT2D eigenvalue weighted by Crippen LogP contribution is -2.30. The van der Waals surface area contributed by atoms with Crippen LogP contribution in [-0.2, 0) is 65.4 Å². The summed E-state index contributed by atoms with van der Waals surface area (Å²) in [6.07, 6.45) is 63.7. The molecule has 0 aliphatic rings. The van der Waals surface area contributed by atoms with Gasteiger partial charge in [0.2, 0.25) is 0 Å². The predicted molar refractivity (Wildman–Crippen MR) is 372 cm³/mol. The highest BCUT2D eigenvalue weighted by atomic mass is 31.2. The Bertz CT molecular complexity index is 2040. The Morgan fingerprint density at radius 1 is 0.326 bits per heavy atom. The Kier molecular flexibility index (Phi) is 63.6. The second kappa shape index (κ2) is 66.1. The van der Waals surface area contributed by atoms with E-state index >= 15 is 0 Å². The lowest BCUT2D eigenvalue weighted by atomic mass is 10.0. The fourth-order valence-corrected chi connectivity index (χ4v) is 11.3. The minimum atomic E-state index is -4.98. The van der Waals surface area contributed by atoms with E-state index in [9.17, 15) is 43.2 Å². The van der Waals surface area contributed by atoms with Crippen LogP contribution in [-0.4, -0.2) is 96.7 Å². The van der Waals surface area contributed by atoms with Gasteiger partial charge in [0, 0.05) is 19.3 Å². The normalized spacial score (nSPS) is 14.5. The largest absolute Gasteiger partial charge is 0.472 e. The lowest BCUT2D eigenvalue weighted by Gasteiger charge is -2.21. The molecule has 0 aliphatic carbocycles. The number of carbonyl (C=O) groups is 4. The van der Waals surface area contributed by atoms with Crippen molar-refractivity contribution in [2.75, 3.05) is 39.6 Å². The minimum absolute atomic E-state index is 0.0669. The van der Waals surface area contributed by atoms with Gasteiger partial charge in [-0.3, -0.25) is 37.3 Å². The van der Waals surface area contributed by atoms with Crippen LogP contribution in [0.4, 0.5) is 0 Å². The van der Waals surface area contributed by atoms with Gasteiger partial charge in [0.05, 0.1) is 32.8 Å². The van der Waals surface area contributed by atoms with Crippen LogP contribution in [0.3, 0.4) is 0 Å². The number of aliphatic hydroxyl groups is 1. The number of hydrogen-bond acceptors (Lipinski definition) is 15. The van der Waals surface area contributed by atoms with Crippen LogP contribution in [0.5, 0.6) is 0 Å². The molecule has 0 aromatic rings. The average molecular weight is 1340 g/mol. The number of hydrogen-bond donors (Lipinski definition) is 3. The summed E-state index contributed by atoms with van der Waals surface area (Å²) in [5.74, 6) is -2.31. The van der Waals surface area contributed by atoms with Gasteiger partial charge in [0.1, 0.15) is 19.3 Å². The number of allylic oxidation sites excluding steroid dienone is 11. The Morgan fingerprint density at radius 3 is 0.989 bits per heavy atom. The first-order chi connectivity index (χ1) is 44.7. The van der Waals surface area contributed by atoms with E-state index in [0.29, 0.717) is 25.7 Å². The van der Waals surface area contributed by atoms with Crippen LogP contribution >= 0.6 is 15.6 Å². The Balaban J connectivity index is 5.36. The molecule has 3 N–H and O–H groups in total. The van der Waals surface area contributed by atoms with Gasteiger partial charge in [-0.15, -0.1) is 0 Å². The van der Waals surface area contributed by atoms with Gasteiger partial charge in [-0.25, -0.2) is 9.13 Å². The number of rotatable bonds is 68. The fourth-order valence-electron chi connectivity index (χ4n) is 9.69. The molecule has 0 aromatic heterocycles. The number of aliphatic hydroxyl groups excluding tert-OH is 1. The zero-order valence-electron chi connectivity index (χ0n) is 58.0. The van der Waals surface area contributed by atoms with Crippen LogP contribution in [0, 0.1) is 0 Å². The molecule has 19 heteroatoms. The number of carbonyl (C=O) groups excluding carboxylic acids is 4. The zero-order chi connectivity index (χ0) is 67.5. The van der Waals surface area contributed by atoms with Crippen LogP contribution in [0.1, 0.15) is 310 Å². The molecule has 5 unspecified atom stereocenters. The SMILES string of the molecule is CC/C=C\C/C=C\C/C=C\C/C=C\C/C=C\CC(=O)OCC(COP(=O)(O)OCC(O)COP(=O)(O)OCC(COC(=O)CCCCCCCCCCCCCCC)OC(=O)CCCCCCC/C=C\CCCC)OC(=O)CCCCCCCCCCCCCCC. The van der Waals surface area contributed by atoms with Crippen molar-refractivity contribution in [3.05, 3.63) is 72.9 Å². The van der Waals surface area contributed by atoms with Crippen molar-refractivity contribution < 1.29 is 80.2 Å². The van der Waals surface area contributed by atoms with Gasteiger partial charge in [0.25, 0.3) is 0 Å². The summed E-state index contributed by atoms with van der Waals surface area (Å²) in [6, 6.07) is 0. The standard InChI is InChI=1S/C73H130O17P2/c1-5-9-13-17-21-25-29-32-33-36-39-42-46-50-54-58-71(76)84-64-69(90-73(78)60-56-52-48-44-40-35-31-27-23-19-15-11-7-3)66-88-92(81,82)86-62-67(74)61-85-91(79,80)87-65-68(89-72(77)59-55-51-47-43-37-28-24-20-16-12-8-4)63-83-70(75)57-53-49-45-41-38-34-30-26-22-18-14-10-6-2/h9,13,20-21,24-25,32-33,39,42,50,54,67-69,74H,5-8,10-12,14-19,22-23,26-31,34-38,40-41,43-49,51-53,55-66H2,1-4H3,(H,79,80)(H,81,82)/b13-9-,24-20-,25-21-,33-32-,42-39-,54-50-. The van der Waals surface area contributed by atoms with E-state index in [4.69, 9.17) is 37.0 Å². The molecular weight excluding hydrogens is 1210 g/mol. The second-order valence-electron chi connectivity index (χ2n) is 24.2. The van der Waals surface area contributed by atoms with E-state index < -0.39 is 97.5 Å². The summed E-state index contributed by atoms with van der Waals surface area (Å²) < 4.78 is 68.1. The summed E-state index contributed by atoms with van der Waals surface area (Å²) >= 11 is 0. The molecule has 0 heterocycles. The molecule has 0 bridgehead atoms. The topological polar surface area (TPSA) is 237 Å². The number of unbranched alkanes of at least 4 members (excludes halogenated alkanes) is 31. The smallest absolute Gasteiger partial charge is 0.462 e. The highest BCUT2D eigenvalue weighted by Crippen LogP contribution is 2.45. The number of ether oxygens (including phenoxy) is 4. The Hall–Kier alpha value is -3.50. The van der Waals surface area contributed by atoms with Gasteiger partial charge in [-0.1, -0.05) is 287 Å². The molecule has 0 aromatic carbocycles. The summed E-state index contributed by atoms with van der Waals surface area (Å²) in [6.45, 7) is 4.62. The second-order valence-corrected chi connectivity index (χ2v) is 27.1.